The smallest absolute Gasteiger partial charge is 0.325 e. The molecule has 17 nitrogen and oxygen atoms in total. The van der Waals surface area contributed by atoms with Gasteiger partial charge < -0.3 is 38.8 Å². The summed E-state index contributed by atoms with van der Waals surface area (Å²) >= 11 is 10.5. The maximum absolute atomic E-state index is 16.1. The Balaban J connectivity index is 1.16. The molecule has 0 aromatic carbocycles. The van der Waals surface area contributed by atoms with Crippen LogP contribution in [0.3, 0.4) is 0 Å². The van der Waals surface area contributed by atoms with Gasteiger partial charge in [0.2, 0.25) is 6.49 Å². The van der Waals surface area contributed by atoms with Crippen LogP contribution in [0.4, 0.5) is 14.6 Å². The van der Waals surface area contributed by atoms with E-state index in [0.29, 0.717) is 16.9 Å². The second-order valence-electron chi connectivity index (χ2n) is 10.4. The Kier molecular flexibility index (Phi) is 8.19. The SMILES string of the molecule is Cc1ncnc2c1ncn2[C@@H]1O[C@@H]2COP(O)(=S)CO[C@H]3[C@@H](F)[C@H](n4cnc5c(N)ncnc54)O[C@@H]3COP(O)(=S)O[C@H]2[C@H]1F. The predicted octanol–water partition coefficient (Wildman–Crippen LogP) is 1.32. The summed E-state index contributed by atoms with van der Waals surface area (Å²) in [5.41, 5.74) is 7.58. The molecule has 7 rings (SSSR count). The number of imidazole rings is 2. The lowest BCUT2D eigenvalue weighted by Gasteiger charge is -2.25. The number of nitrogens with zero attached hydrogens (tertiary/aromatic N) is 8. The third-order valence-electron chi connectivity index (χ3n) is 7.54. The molecule has 0 bridgehead atoms. The van der Waals surface area contributed by atoms with E-state index >= 15 is 8.78 Å². The van der Waals surface area contributed by atoms with E-state index in [-0.39, 0.29) is 17.0 Å². The zero-order chi connectivity index (χ0) is 31.7. The van der Waals surface area contributed by atoms with Crippen LogP contribution in [0.5, 0.6) is 0 Å². The standard InChI is InChI=1S/C22H25F2N9O8P2S2/c1-9-14-19(28-4-26-9)32(6-30-14)22-13(24)17-11(40-22)2-37-42(34,44)8-36-16-10(3-38-43(35,45)41-17)39-21(12(16)23)33-7-31-15-18(25)27-5-29-20(15)33/h4-7,10-13,16-17,21-22H,2-3,8H2,1H3,(H,34,44)(H,35,45)(H2,25,27,29)/t10-,11-,12-,13-,16-,17-,21-,22-,42?,43?/m1/s1. The molecule has 0 radical (unpaired) electrons. The van der Waals surface area contributed by atoms with E-state index in [9.17, 15) is 9.79 Å². The van der Waals surface area contributed by atoms with Crippen LogP contribution in [-0.2, 0) is 51.4 Å². The number of anilines is 1. The molecule has 0 amide bonds. The first-order valence-electron chi connectivity index (χ1n) is 13.3. The van der Waals surface area contributed by atoms with Crippen molar-refractivity contribution in [1.29, 1.82) is 0 Å². The minimum Gasteiger partial charge on any atom is -0.382 e. The highest BCUT2D eigenvalue weighted by atomic mass is 32.5. The molecule has 3 fully saturated rings. The van der Waals surface area contributed by atoms with Crippen LogP contribution in [0.1, 0.15) is 18.1 Å². The van der Waals surface area contributed by atoms with Gasteiger partial charge in [-0.3, -0.25) is 13.7 Å². The van der Waals surface area contributed by atoms with Crippen LogP contribution in [0, 0.1) is 6.92 Å². The van der Waals surface area contributed by atoms with Crippen molar-refractivity contribution < 1.29 is 46.3 Å². The molecule has 3 aliphatic rings. The second kappa shape index (κ2) is 11.8. The van der Waals surface area contributed by atoms with Gasteiger partial charge >= 0.3 is 6.72 Å². The molecule has 45 heavy (non-hydrogen) atoms. The molecular formula is C22H25F2N9O8P2S2. The van der Waals surface area contributed by atoms with E-state index < -0.39 is 82.0 Å². The number of aromatic nitrogens is 8. The van der Waals surface area contributed by atoms with E-state index in [4.69, 9.17) is 57.1 Å². The second-order valence-corrected chi connectivity index (χ2v) is 16.7. The number of rotatable bonds is 2. The molecule has 2 unspecified atom stereocenters. The zero-order valence-electron chi connectivity index (χ0n) is 23.0. The van der Waals surface area contributed by atoms with E-state index in [2.05, 4.69) is 29.9 Å². The first-order valence-corrected chi connectivity index (χ1v) is 18.8. The monoisotopic (exact) mass is 707 g/mol. The summed E-state index contributed by atoms with van der Waals surface area (Å²) in [6, 6.07) is 0. The zero-order valence-corrected chi connectivity index (χ0v) is 26.4. The number of alkyl halides is 2. The van der Waals surface area contributed by atoms with Crippen LogP contribution >= 0.6 is 13.2 Å². The first kappa shape index (κ1) is 31.3. The van der Waals surface area contributed by atoms with Crippen molar-refractivity contribution in [2.45, 2.75) is 56.1 Å². The Morgan fingerprint density at radius 3 is 2.13 bits per heavy atom. The van der Waals surface area contributed by atoms with Gasteiger partial charge in [0.05, 0.1) is 31.6 Å². The van der Waals surface area contributed by atoms with Crippen LogP contribution in [0.2, 0.25) is 0 Å². The average Bonchev–Trinajstić information content (AvgIpc) is 3.75. The van der Waals surface area contributed by atoms with Gasteiger partial charge in [-0.15, -0.1) is 0 Å². The number of hydrogen-bond donors (Lipinski definition) is 3. The normalized spacial score (nSPS) is 38.0. The predicted molar refractivity (Wildman–Crippen MR) is 157 cm³/mol. The summed E-state index contributed by atoms with van der Waals surface area (Å²) in [4.78, 5) is 46.6. The van der Waals surface area contributed by atoms with Gasteiger partial charge in [0, 0.05) is 0 Å². The van der Waals surface area contributed by atoms with Crippen molar-refractivity contribution in [3.05, 3.63) is 31.0 Å². The molecule has 4 N–H and O–H groups in total. The molecule has 242 valence electrons. The van der Waals surface area contributed by atoms with Gasteiger partial charge in [-0.1, -0.05) is 0 Å². The van der Waals surface area contributed by atoms with Gasteiger partial charge in [-0.05, 0) is 30.5 Å². The summed E-state index contributed by atoms with van der Waals surface area (Å²) in [5.74, 6) is 0.0812. The maximum atomic E-state index is 16.1. The number of halogens is 2. The Morgan fingerprint density at radius 1 is 0.844 bits per heavy atom. The van der Waals surface area contributed by atoms with E-state index in [0.717, 1.165) is 0 Å². The van der Waals surface area contributed by atoms with Crippen molar-refractivity contribution in [1.82, 2.24) is 39.0 Å². The minimum absolute atomic E-state index is 0.0812. The molecule has 7 heterocycles. The van der Waals surface area contributed by atoms with E-state index in [1.807, 2.05) is 0 Å². The van der Waals surface area contributed by atoms with Gasteiger partial charge in [0.25, 0.3) is 0 Å². The van der Waals surface area contributed by atoms with Crippen molar-refractivity contribution >= 4 is 65.0 Å². The molecule has 4 aromatic rings. The molecular weight excluding hydrogens is 682 g/mol. The highest BCUT2D eigenvalue weighted by Crippen LogP contribution is 2.52. The Morgan fingerprint density at radius 2 is 1.42 bits per heavy atom. The average molecular weight is 708 g/mol. The number of aryl methyl sites for hydroxylation is 1. The summed E-state index contributed by atoms with van der Waals surface area (Å²) in [5, 5.41) is 0. The maximum Gasteiger partial charge on any atom is 0.325 e. The van der Waals surface area contributed by atoms with Crippen molar-refractivity contribution in [2.24, 2.45) is 0 Å². The highest BCUT2D eigenvalue weighted by molar-refractivity contribution is 8.09. The summed E-state index contributed by atoms with van der Waals surface area (Å²) in [6.07, 6.45) is -7.34. The Hall–Kier alpha value is -2.26. The number of hydrogen-bond acceptors (Lipinski definition) is 15. The summed E-state index contributed by atoms with van der Waals surface area (Å²) < 4.78 is 69.0. The van der Waals surface area contributed by atoms with Crippen molar-refractivity contribution in [3.63, 3.8) is 0 Å². The fraction of sp³-hybridized carbons (Fsp3) is 0.545. The highest BCUT2D eigenvalue weighted by Gasteiger charge is 2.52. The van der Waals surface area contributed by atoms with Crippen LogP contribution < -0.4 is 5.73 Å². The third-order valence-corrected chi connectivity index (χ3v) is 10.8. The summed E-state index contributed by atoms with van der Waals surface area (Å²) in [6.45, 7) is -7.29. The van der Waals surface area contributed by atoms with Crippen LogP contribution in [0.25, 0.3) is 22.3 Å². The Bertz CT molecular complexity index is 1860. The minimum atomic E-state index is -4.23. The molecule has 0 saturated carbocycles. The van der Waals surface area contributed by atoms with Crippen molar-refractivity contribution in [3.8, 4) is 0 Å². The van der Waals surface area contributed by atoms with E-state index in [1.54, 1.807) is 6.92 Å². The number of ether oxygens (including phenoxy) is 3. The molecule has 4 aromatic heterocycles. The van der Waals surface area contributed by atoms with Gasteiger partial charge in [-0.2, -0.15) is 0 Å². The molecule has 0 aliphatic carbocycles. The quantitative estimate of drug-likeness (QED) is 0.251. The van der Waals surface area contributed by atoms with Gasteiger partial charge in [-0.25, -0.2) is 38.7 Å². The lowest BCUT2D eigenvalue weighted by molar-refractivity contribution is -0.0540. The number of fused-ring (bicyclic) bond motifs is 4. The van der Waals surface area contributed by atoms with Gasteiger partial charge in [0.15, 0.2) is 41.9 Å². The fourth-order valence-electron chi connectivity index (χ4n) is 5.40. The topological polar surface area (TPSA) is 209 Å². The third kappa shape index (κ3) is 5.79. The lowest BCUT2D eigenvalue weighted by Crippen LogP contribution is -2.35. The van der Waals surface area contributed by atoms with Crippen LogP contribution in [0.15, 0.2) is 25.3 Å². The molecule has 3 saturated heterocycles. The van der Waals surface area contributed by atoms with Crippen molar-refractivity contribution in [2.75, 3.05) is 25.3 Å². The molecule has 3 aliphatic heterocycles. The largest absolute Gasteiger partial charge is 0.382 e. The van der Waals surface area contributed by atoms with Crippen LogP contribution in [-0.4, -0.2) is 105 Å². The Labute approximate surface area is 262 Å². The van der Waals surface area contributed by atoms with E-state index in [1.165, 1.54) is 34.4 Å². The molecule has 23 heteroatoms. The number of nitrogens with two attached hydrogens (primary N) is 1. The first-order chi connectivity index (χ1) is 21.4. The number of nitrogen functional groups attached to an aromatic ring is 1. The van der Waals surface area contributed by atoms with Gasteiger partial charge in [0.1, 0.15) is 54.5 Å². The molecule has 10 atom stereocenters. The lowest BCUT2D eigenvalue weighted by atomic mass is 10.1. The fourth-order valence-corrected chi connectivity index (χ4v) is 8.02. The summed E-state index contributed by atoms with van der Waals surface area (Å²) in [7, 11) is 0. The molecule has 0 spiro atoms.